The van der Waals surface area contributed by atoms with Crippen LogP contribution in [-0.4, -0.2) is 86.2 Å². The Kier molecular flexibility index (Phi) is 11.7. The van der Waals surface area contributed by atoms with E-state index in [4.69, 9.17) is 19.2 Å². The lowest BCUT2D eigenvalue weighted by atomic mass is 10.0. The molecule has 11 heteroatoms. The Labute approximate surface area is 227 Å². The number of aromatic nitrogens is 1. The lowest BCUT2D eigenvalue weighted by Crippen LogP contribution is -2.47. The van der Waals surface area contributed by atoms with Gasteiger partial charge in [-0.15, -0.1) is 11.3 Å². The zero-order chi connectivity index (χ0) is 27.3. The molecule has 1 aromatic carbocycles. The van der Waals surface area contributed by atoms with Crippen molar-refractivity contribution in [3.63, 3.8) is 0 Å². The number of aliphatic imine (C=N–C) groups is 1. The van der Waals surface area contributed by atoms with Crippen molar-refractivity contribution in [2.75, 3.05) is 50.9 Å². The SMILES string of the molecule is CCOC(=O)CCN(c1nc(-c2ccc(/C=N/C(=O)OCC)cc2)cs1)C1CCN(CC(=O)OCC)CC1. The van der Waals surface area contributed by atoms with Crippen molar-refractivity contribution >= 4 is 40.7 Å². The van der Waals surface area contributed by atoms with Crippen molar-refractivity contribution in [1.82, 2.24) is 9.88 Å². The molecule has 38 heavy (non-hydrogen) atoms. The van der Waals surface area contributed by atoms with E-state index >= 15 is 0 Å². The van der Waals surface area contributed by atoms with E-state index < -0.39 is 6.09 Å². The van der Waals surface area contributed by atoms with Gasteiger partial charge in [0.15, 0.2) is 5.13 Å². The van der Waals surface area contributed by atoms with Gasteiger partial charge >= 0.3 is 18.0 Å². The second kappa shape index (κ2) is 15.2. The summed E-state index contributed by atoms with van der Waals surface area (Å²) < 4.78 is 15.0. The van der Waals surface area contributed by atoms with Crippen molar-refractivity contribution in [3.8, 4) is 11.3 Å². The average Bonchev–Trinajstić information content (AvgIpc) is 3.39. The number of nitrogens with zero attached hydrogens (tertiary/aromatic N) is 4. The van der Waals surface area contributed by atoms with Gasteiger partial charge in [0.2, 0.25) is 0 Å². The first-order chi connectivity index (χ1) is 18.4. The number of hydrogen-bond donors (Lipinski definition) is 0. The summed E-state index contributed by atoms with van der Waals surface area (Å²) in [5, 5.41) is 2.85. The molecule has 1 aliphatic rings. The zero-order valence-corrected chi connectivity index (χ0v) is 23.1. The number of benzene rings is 1. The summed E-state index contributed by atoms with van der Waals surface area (Å²) in [6, 6.07) is 7.80. The minimum absolute atomic E-state index is 0.198. The van der Waals surface area contributed by atoms with Gasteiger partial charge in [0.25, 0.3) is 0 Å². The van der Waals surface area contributed by atoms with Crippen LogP contribution in [0, 0.1) is 0 Å². The van der Waals surface area contributed by atoms with Crippen LogP contribution in [0.5, 0.6) is 0 Å². The van der Waals surface area contributed by atoms with Crippen LogP contribution in [0.3, 0.4) is 0 Å². The lowest BCUT2D eigenvalue weighted by Gasteiger charge is -2.38. The summed E-state index contributed by atoms with van der Waals surface area (Å²) >= 11 is 1.54. The van der Waals surface area contributed by atoms with Crippen LogP contribution in [-0.2, 0) is 23.8 Å². The van der Waals surface area contributed by atoms with Crippen molar-refractivity contribution in [3.05, 3.63) is 35.2 Å². The molecule has 10 nitrogen and oxygen atoms in total. The number of anilines is 1. The normalized spacial score (nSPS) is 14.4. The van der Waals surface area contributed by atoms with E-state index in [-0.39, 0.29) is 31.0 Å². The van der Waals surface area contributed by atoms with Crippen LogP contribution in [0.1, 0.15) is 45.6 Å². The van der Waals surface area contributed by atoms with Gasteiger partial charge < -0.3 is 19.1 Å². The van der Waals surface area contributed by atoms with Crippen LogP contribution >= 0.6 is 11.3 Å². The lowest BCUT2D eigenvalue weighted by molar-refractivity contribution is -0.145. The standard InChI is InChI=1S/C27H36N4O6S/c1-4-35-24(32)13-16-31(22-11-14-30(15-12-22)18-25(33)36-5-2)26-29-23(19-38-26)21-9-7-20(8-10-21)17-28-27(34)37-6-3/h7-10,17,19,22H,4-6,11-16,18H2,1-3H3/b28-17+. The Morgan fingerprint density at radius 2 is 1.68 bits per heavy atom. The molecule has 3 rings (SSSR count). The van der Waals surface area contributed by atoms with Gasteiger partial charge in [-0.05, 0) is 39.2 Å². The Hall–Kier alpha value is -3.31. The monoisotopic (exact) mass is 544 g/mol. The van der Waals surface area contributed by atoms with Gasteiger partial charge in [0.05, 0.1) is 38.5 Å². The maximum absolute atomic E-state index is 12.1. The Balaban J connectivity index is 1.69. The molecule has 1 saturated heterocycles. The minimum Gasteiger partial charge on any atom is -0.466 e. The molecule has 0 atom stereocenters. The Morgan fingerprint density at radius 3 is 2.34 bits per heavy atom. The fourth-order valence-electron chi connectivity index (χ4n) is 4.21. The number of piperidine rings is 1. The number of esters is 2. The molecule has 0 radical (unpaired) electrons. The zero-order valence-electron chi connectivity index (χ0n) is 22.3. The predicted octanol–water partition coefficient (Wildman–Crippen LogP) is 4.17. The number of likely N-dealkylation sites (tertiary alicyclic amines) is 1. The highest BCUT2D eigenvalue weighted by atomic mass is 32.1. The highest BCUT2D eigenvalue weighted by Crippen LogP contribution is 2.31. The number of thiazole rings is 1. The molecule has 1 fully saturated rings. The van der Waals surface area contributed by atoms with Gasteiger partial charge in [0, 0.05) is 42.8 Å². The maximum Gasteiger partial charge on any atom is 0.433 e. The molecule has 1 amide bonds. The third-order valence-electron chi connectivity index (χ3n) is 6.05. The number of amides is 1. The summed E-state index contributed by atoms with van der Waals surface area (Å²) in [5.41, 5.74) is 2.55. The van der Waals surface area contributed by atoms with E-state index in [1.165, 1.54) is 6.21 Å². The smallest absolute Gasteiger partial charge is 0.433 e. The summed E-state index contributed by atoms with van der Waals surface area (Å²) in [4.78, 5) is 48.4. The van der Waals surface area contributed by atoms with E-state index in [9.17, 15) is 14.4 Å². The largest absolute Gasteiger partial charge is 0.466 e. The molecule has 0 bridgehead atoms. The highest BCUT2D eigenvalue weighted by molar-refractivity contribution is 7.14. The number of hydrogen-bond acceptors (Lipinski definition) is 10. The number of carbonyl (C=O) groups is 3. The second-order valence-corrected chi connectivity index (χ2v) is 9.49. The molecule has 0 aliphatic carbocycles. The second-order valence-electron chi connectivity index (χ2n) is 8.66. The Morgan fingerprint density at radius 1 is 1.03 bits per heavy atom. The summed E-state index contributed by atoms with van der Waals surface area (Å²) in [6.45, 7) is 8.71. The first-order valence-electron chi connectivity index (χ1n) is 13.0. The van der Waals surface area contributed by atoms with Gasteiger partial charge in [0.1, 0.15) is 0 Å². The van der Waals surface area contributed by atoms with E-state index in [0.717, 1.165) is 47.9 Å². The molecule has 0 unspecified atom stereocenters. The summed E-state index contributed by atoms with van der Waals surface area (Å²) in [6.07, 6.45) is 2.84. The predicted molar refractivity (Wildman–Crippen MR) is 147 cm³/mol. The van der Waals surface area contributed by atoms with E-state index in [1.54, 1.807) is 25.2 Å². The average molecular weight is 545 g/mol. The topological polar surface area (TPSA) is 111 Å². The minimum atomic E-state index is -0.615. The van der Waals surface area contributed by atoms with Crippen LogP contribution in [0.2, 0.25) is 0 Å². The number of carbonyl (C=O) groups excluding carboxylic acids is 3. The molecule has 0 saturated carbocycles. The number of ether oxygens (including phenoxy) is 3. The van der Waals surface area contributed by atoms with E-state index in [1.807, 2.05) is 36.6 Å². The van der Waals surface area contributed by atoms with Gasteiger partial charge in [-0.1, -0.05) is 24.3 Å². The first kappa shape index (κ1) is 29.2. The van der Waals surface area contributed by atoms with Gasteiger partial charge in [-0.3, -0.25) is 14.5 Å². The van der Waals surface area contributed by atoms with Crippen molar-refractivity contribution < 1.29 is 28.6 Å². The van der Waals surface area contributed by atoms with Crippen molar-refractivity contribution in [2.45, 2.75) is 46.1 Å². The molecular formula is C27H36N4O6S. The Bertz CT molecular complexity index is 1080. The molecule has 1 aromatic heterocycles. The fourth-order valence-corrected chi connectivity index (χ4v) is 5.15. The molecule has 1 aliphatic heterocycles. The maximum atomic E-state index is 12.1. The molecular weight excluding hydrogens is 508 g/mol. The van der Waals surface area contributed by atoms with Gasteiger partial charge in [-0.2, -0.15) is 4.99 Å². The van der Waals surface area contributed by atoms with Crippen LogP contribution in [0.25, 0.3) is 11.3 Å². The summed E-state index contributed by atoms with van der Waals surface area (Å²) in [5.74, 6) is -0.429. The molecule has 2 heterocycles. The molecule has 2 aromatic rings. The van der Waals surface area contributed by atoms with Crippen molar-refractivity contribution in [1.29, 1.82) is 0 Å². The van der Waals surface area contributed by atoms with Gasteiger partial charge in [-0.25, -0.2) is 9.78 Å². The van der Waals surface area contributed by atoms with Crippen LogP contribution in [0.15, 0.2) is 34.6 Å². The van der Waals surface area contributed by atoms with Crippen molar-refractivity contribution in [2.24, 2.45) is 4.99 Å². The number of rotatable bonds is 12. The van der Waals surface area contributed by atoms with Crippen LogP contribution in [0.4, 0.5) is 9.93 Å². The first-order valence-corrected chi connectivity index (χ1v) is 13.9. The molecule has 0 spiro atoms. The van der Waals surface area contributed by atoms with E-state index in [0.29, 0.717) is 26.3 Å². The van der Waals surface area contributed by atoms with E-state index in [2.05, 4.69) is 14.8 Å². The third kappa shape index (κ3) is 8.91. The molecule has 0 N–H and O–H groups in total. The quantitative estimate of drug-likeness (QED) is 0.221. The highest BCUT2D eigenvalue weighted by Gasteiger charge is 2.28. The fraction of sp³-hybridized carbons (Fsp3) is 0.519. The third-order valence-corrected chi connectivity index (χ3v) is 6.93. The molecule has 206 valence electrons. The summed E-state index contributed by atoms with van der Waals surface area (Å²) in [7, 11) is 0. The van der Waals surface area contributed by atoms with Crippen LogP contribution < -0.4 is 4.90 Å².